The highest BCUT2D eigenvalue weighted by molar-refractivity contribution is 5.64. The van der Waals surface area contributed by atoms with Crippen molar-refractivity contribution in [2.45, 2.75) is 20.3 Å². The van der Waals surface area contributed by atoms with Crippen LogP contribution in [0.25, 0.3) is 0 Å². The second-order valence-corrected chi connectivity index (χ2v) is 4.41. The molecule has 0 amide bonds. The van der Waals surface area contributed by atoms with E-state index in [1.54, 1.807) is 14.2 Å². The lowest BCUT2D eigenvalue weighted by Crippen LogP contribution is -2.22. The van der Waals surface area contributed by atoms with E-state index < -0.39 is 0 Å². The van der Waals surface area contributed by atoms with Crippen molar-refractivity contribution >= 4 is 5.69 Å². The van der Waals surface area contributed by atoms with Gasteiger partial charge >= 0.3 is 0 Å². The van der Waals surface area contributed by atoms with Crippen molar-refractivity contribution in [1.82, 2.24) is 0 Å². The lowest BCUT2D eigenvalue weighted by Gasteiger charge is -2.18. The number of benzene rings is 1. The molecular weight excluding hydrogens is 228 g/mol. The predicted octanol–water partition coefficient (Wildman–Crippen LogP) is 2.41. The van der Waals surface area contributed by atoms with Crippen LogP contribution >= 0.6 is 0 Å². The first-order chi connectivity index (χ1) is 8.65. The van der Waals surface area contributed by atoms with Gasteiger partial charge in [0, 0.05) is 12.6 Å². The smallest absolute Gasteiger partial charge is 0.145 e. The third-order valence-electron chi connectivity index (χ3n) is 3.21. The highest BCUT2D eigenvalue weighted by Gasteiger charge is 2.11. The Morgan fingerprint density at radius 1 is 1.28 bits per heavy atom. The van der Waals surface area contributed by atoms with Gasteiger partial charge in [-0.15, -0.1) is 0 Å². The summed E-state index contributed by atoms with van der Waals surface area (Å²) in [5.41, 5.74) is 7.84. The maximum atomic E-state index is 5.71. The maximum Gasteiger partial charge on any atom is 0.145 e. The van der Waals surface area contributed by atoms with E-state index in [1.807, 2.05) is 19.1 Å². The molecule has 18 heavy (non-hydrogen) atoms. The molecule has 0 aliphatic heterocycles. The average Bonchev–Trinajstić information content (AvgIpc) is 2.40. The fourth-order valence-electron chi connectivity index (χ4n) is 1.87. The van der Waals surface area contributed by atoms with E-state index in [9.17, 15) is 0 Å². The Morgan fingerprint density at radius 3 is 2.50 bits per heavy atom. The monoisotopic (exact) mass is 252 g/mol. The molecule has 0 fully saturated rings. The van der Waals surface area contributed by atoms with Crippen LogP contribution in [-0.4, -0.2) is 27.3 Å². The van der Waals surface area contributed by atoms with Crippen molar-refractivity contribution in [2.75, 3.05) is 32.6 Å². The van der Waals surface area contributed by atoms with Gasteiger partial charge in [0.25, 0.3) is 0 Å². The quantitative estimate of drug-likeness (QED) is 0.782. The zero-order valence-corrected chi connectivity index (χ0v) is 11.7. The number of nitrogens with two attached hydrogens (primary N) is 1. The van der Waals surface area contributed by atoms with Crippen molar-refractivity contribution < 1.29 is 9.47 Å². The molecule has 0 bridgehead atoms. The molecule has 0 aromatic heterocycles. The van der Waals surface area contributed by atoms with Crippen LogP contribution in [0.2, 0.25) is 0 Å². The van der Waals surface area contributed by atoms with Crippen molar-refractivity contribution in [3.05, 3.63) is 17.7 Å². The van der Waals surface area contributed by atoms with Crippen molar-refractivity contribution in [1.29, 1.82) is 0 Å². The Morgan fingerprint density at radius 2 is 2.00 bits per heavy atom. The summed E-state index contributed by atoms with van der Waals surface area (Å²) in [4.78, 5) is 0. The SMILES string of the molecule is CCC(CN)CNc1c(C)cc(OC)cc1OC. The number of ether oxygens (including phenoxy) is 2. The highest BCUT2D eigenvalue weighted by Crippen LogP contribution is 2.33. The molecule has 0 aliphatic rings. The molecule has 0 heterocycles. The molecular formula is C14H24N2O2. The van der Waals surface area contributed by atoms with Gasteiger partial charge in [-0.1, -0.05) is 13.3 Å². The van der Waals surface area contributed by atoms with Gasteiger partial charge in [-0.25, -0.2) is 0 Å². The van der Waals surface area contributed by atoms with Crippen LogP contribution in [0.4, 0.5) is 5.69 Å². The fourth-order valence-corrected chi connectivity index (χ4v) is 1.87. The number of hydrogen-bond donors (Lipinski definition) is 2. The number of hydrogen-bond acceptors (Lipinski definition) is 4. The molecule has 0 saturated heterocycles. The van der Waals surface area contributed by atoms with Crippen LogP contribution in [0.3, 0.4) is 0 Å². The summed E-state index contributed by atoms with van der Waals surface area (Å²) in [7, 11) is 3.32. The van der Waals surface area contributed by atoms with E-state index in [1.165, 1.54) is 0 Å². The first-order valence-electron chi connectivity index (χ1n) is 6.32. The fraction of sp³-hybridized carbons (Fsp3) is 0.571. The summed E-state index contributed by atoms with van der Waals surface area (Å²) in [6.45, 7) is 5.74. The minimum atomic E-state index is 0.483. The van der Waals surface area contributed by atoms with Gasteiger partial charge in [-0.05, 0) is 31.0 Å². The normalized spacial score (nSPS) is 12.1. The molecule has 1 unspecified atom stereocenters. The summed E-state index contributed by atoms with van der Waals surface area (Å²) < 4.78 is 10.6. The number of methoxy groups -OCH3 is 2. The molecule has 102 valence electrons. The molecule has 0 spiro atoms. The Kier molecular flexibility index (Phi) is 5.78. The minimum Gasteiger partial charge on any atom is -0.497 e. The molecule has 0 radical (unpaired) electrons. The van der Waals surface area contributed by atoms with E-state index in [4.69, 9.17) is 15.2 Å². The minimum absolute atomic E-state index is 0.483. The van der Waals surface area contributed by atoms with E-state index in [-0.39, 0.29) is 0 Å². The lowest BCUT2D eigenvalue weighted by atomic mass is 10.1. The van der Waals surface area contributed by atoms with Gasteiger partial charge in [0.1, 0.15) is 11.5 Å². The molecule has 1 rings (SSSR count). The molecule has 4 nitrogen and oxygen atoms in total. The summed E-state index contributed by atoms with van der Waals surface area (Å²) in [6, 6.07) is 3.88. The number of nitrogens with one attached hydrogen (secondary N) is 1. The van der Waals surface area contributed by atoms with Gasteiger partial charge < -0.3 is 20.5 Å². The van der Waals surface area contributed by atoms with Crippen molar-refractivity contribution in [3.8, 4) is 11.5 Å². The van der Waals surface area contributed by atoms with Crippen LogP contribution in [0.1, 0.15) is 18.9 Å². The summed E-state index contributed by atoms with van der Waals surface area (Å²) in [5, 5.41) is 3.43. The maximum absolute atomic E-state index is 5.71. The zero-order chi connectivity index (χ0) is 13.5. The summed E-state index contributed by atoms with van der Waals surface area (Å²) in [5.74, 6) is 2.09. The number of anilines is 1. The number of rotatable bonds is 7. The number of aryl methyl sites for hydroxylation is 1. The second kappa shape index (κ2) is 7.11. The van der Waals surface area contributed by atoms with E-state index in [0.29, 0.717) is 12.5 Å². The van der Waals surface area contributed by atoms with E-state index in [0.717, 1.165) is 35.7 Å². The Balaban J connectivity index is 2.87. The molecule has 0 aliphatic carbocycles. The predicted molar refractivity (Wildman–Crippen MR) is 75.6 cm³/mol. The first-order valence-corrected chi connectivity index (χ1v) is 6.32. The molecule has 1 aromatic carbocycles. The lowest BCUT2D eigenvalue weighted by molar-refractivity contribution is 0.394. The Bertz CT molecular complexity index is 376. The summed E-state index contributed by atoms with van der Waals surface area (Å²) in [6.07, 6.45) is 1.07. The first kappa shape index (κ1) is 14.6. The van der Waals surface area contributed by atoms with E-state index >= 15 is 0 Å². The summed E-state index contributed by atoms with van der Waals surface area (Å²) >= 11 is 0. The highest BCUT2D eigenvalue weighted by atomic mass is 16.5. The van der Waals surface area contributed by atoms with Gasteiger partial charge in [0.05, 0.1) is 19.9 Å². The largest absolute Gasteiger partial charge is 0.497 e. The van der Waals surface area contributed by atoms with E-state index in [2.05, 4.69) is 12.2 Å². The topological polar surface area (TPSA) is 56.5 Å². The van der Waals surface area contributed by atoms with Crippen molar-refractivity contribution in [3.63, 3.8) is 0 Å². The van der Waals surface area contributed by atoms with Crippen LogP contribution in [-0.2, 0) is 0 Å². The van der Waals surface area contributed by atoms with Gasteiger partial charge in [0.2, 0.25) is 0 Å². The standard InChI is InChI=1S/C14H24N2O2/c1-5-11(8-15)9-16-14-10(2)6-12(17-3)7-13(14)18-4/h6-7,11,16H,5,8-9,15H2,1-4H3. The van der Waals surface area contributed by atoms with Gasteiger partial charge in [0.15, 0.2) is 0 Å². The van der Waals surface area contributed by atoms with Gasteiger partial charge in [-0.3, -0.25) is 0 Å². The second-order valence-electron chi connectivity index (χ2n) is 4.41. The molecule has 1 atom stereocenters. The molecule has 0 saturated carbocycles. The molecule has 1 aromatic rings. The van der Waals surface area contributed by atoms with Crippen LogP contribution in [0, 0.1) is 12.8 Å². The molecule has 4 heteroatoms. The Hall–Kier alpha value is -1.42. The zero-order valence-electron chi connectivity index (χ0n) is 11.7. The third kappa shape index (κ3) is 3.53. The van der Waals surface area contributed by atoms with Crippen LogP contribution < -0.4 is 20.5 Å². The Labute approximate surface area is 109 Å². The van der Waals surface area contributed by atoms with Crippen LogP contribution in [0.5, 0.6) is 11.5 Å². The average molecular weight is 252 g/mol. The van der Waals surface area contributed by atoms with Gasteiger partial charge in [-0.2, -0.15) is 0 Å². The molecule has 3 N–H and O–H groups in total. The van der Waals surface area contributed by atoms with Crippen molar-refractivity contribution in [2.24, 2.45) is 11.7 Å². The van der Waals surface area contributed by atoms with Crippen LogP contribution in [0.15, 0.2) is 12.1 Å². The third-order valence-corrected chi connectivity index (χ3v) is 3.21.